The number of pyridine rings is 1. The monoisotopic (exact) mass is 357 g/mol. The van der Waals surface area contributed by atoms with E-state index in [1.807, 2.05) is 36.1 Å². The summed E-state index contributed by atoms with van der Waals surface area (Å²) in [5.74, 6) is 0. The Morgan fingerprint density at radius 2 is 1.88 bits per heavy atom. The molecule has 0 atom stereocenters. The molecule has 0 bridgehead atoms. The van der Waals surface area contributed by atoms with Crippen molar-refractivity contribution in [2.75, 3.05) is 31.1 Å². The third-order valence-electron chi connectivity index (χ3n) is 5.55. The van der Waals surface area contributed by atoms with Gasteiger partial charge >= 0.3 is 6.09 Å². The highest BCUT2D eigenvalue weighted by Crippen LogP contribution is 2.42. The average Bonchev–Trinajstić information content (AvgIpc) is 3.20. The minimum atomic E-state index is -0.433. The van der Waals surface area contributed by atoms with Crippen LogP contribution in [0, 0.1) is 5.41 Å². The summed E-state index contributed by atoms with van der Waals surface area (Å²) in [6.45, 7) is 9.41. The summed E-state index contributed by atoms with van der Waals surface area (Å²) in [6, 6.07) is 4.14. The van der Waals surface area contributed by atoms with E-state index >= 15 is 0 Å². The highest BCUT2D eigenvalue weighted by molar-refractivity contribution is 5.68. The van der Waals surface area contributed by atoms with Crippen LogP contribution < -0.4 is 4.90 Å². The van der Waals surface area contributed by atoms with Crippen LogP contribution in [-0.4, -0.2) is 57.4 Å². The first-order chi connectivity index (χ1) is 12.3. The third kappa shape index (κ3) is 3.34. The van der Waals surface area contributed by atoms with E-state index < -0.39 is 5.60 Å². The van der Waals surface area contributed by atoms with E-state index in [2.05, 4.69) is 27.4 Å². The lowest BCUT2D eigenvalue weighted by Gasteiger charge is -2.39. The van der Waals surface area contributed by atoms with Gasteiger partial charge in [0, 0.05) is 32.4 Å². The number of nitrogens with zero attached hydrogens (tertiary/aromatic N) is 5. The van der Waals surface area contributed by atoms with Gasteiger partial charge in [-0.15, -0.1) is 10.2 Å². The normalized spacial score (nSPS) is 20.1. The second kappa shape index (κ2) is 6.14. The minimum absolute atomic E-state index is 0.180. The molecular weight excluding hydrogens is 330 g/mol. The Morgan fingerprint density at radius 1 is 1.15 bits per heavy atom. The molecule has 2 aromatic heterocycles. The van der Waals surface area contributed by atoms with Crippen LogP contribution in [-0.2, 0) is 4.74 Å². The van der Waals surface area contributed by atoms with Crippen molar-refractivity contribution in [3.63, 3.8) is 0 Å². The summed E-state index contributed by atoms with van der Waals surface area (Å²) in [4.78, 5) is 16.6. The van der Waals surface area contributed by atoms with Crippen LogP contribution in [0.4, 0.5) is 10.5 Å². The van der Waals surface area contributed by atoms with Crippen molar-refractivity contribution in [1.82, 2.24) is 19.5 Å². The van der Waals surface area contributed by atoms with Crippen molar-refractivity contribution >= 4 is 17.4 Å². The van der Waals surface area contributed by atoms with Crippen LogP contribution in [0.1, 0.15) is 40.0 Å². The summed E-state index contributed by atoms with van der Waals surface area (Å²) in [5, 5.41) is 8.01. The average molecular weight is 357 g/mol. The van der Waals surface area contributed by atoms with Crippen molar-refractivity contribution in [2.45, 2.75) is 45.6 Å². The number of hydrogen-bond acceptors (Lipinski definition) is 5. The molecule has 7 heteroatoms. The zero-order valence-electron chi connectivity index (χ0n) is 15.8. The number of piperidine rings is 1. The van der Waals surface area contributed by atoms with Gasteiger partial charge in [0.15, 0.2) is 5.65 Å². The number of anilines is 1. The second-order valence-electron chi connectivity index (χ2n) is 8.62. The van der Waals surface area contributed by atoms with Crippen molar-refractivity contribution in [3.05, 3.63) is 24.7 Å². The summed E-state index contributed by atoms with van der Waals surface area (Å²) < 4.78 is 7.48. The van der Waals surface area contributed by atoms with Crippen LogP contribution in [0.25, 0.3) is 5.65 Å². The Hall–Kier alpha value is -2.31. The van der Waals surface area contributed by atoms with Crippen molar-refractivity contribution in [3.8, 4) is 0 Å². The quantitative estimate of drug-likeness (QED) is 0.785. The summed E-state index contributed by atoms with van der Waals surface area (Å²) >= 11 is 0. The van der Waals surface area contributed by atoms with E-state index in [1.54, 1.807) is 6.33 Å². The molecule has 0 saturated carbocycles. The van der Waals surface area contributed by atoms with Gasteiger partial charge in [-0.3, -0.25) is 4.40 Å². The number of aromatic nitrogens is 3. The fourth-order valence-corrected chi connectivity index (χ4v) is 4.06. The fourth-order valence-electron chi connectivity index (χ4n) is 4.06. The Bertz CT molecular complexity index is 802. The van der Waals surface area contributed by atoms with Gasteiger partial charge in [-0.2, -0.15) is 0 Å². The van der Waals surface area contributed by atoms with Crippen LogP contribution >= 0.6 is 0 Å². The highest BCUT2D eigenvalue weighted by atomic mass is 16.6. The predicted molar refractivity (Wildman–Crippen MR) is 99.3 cm³/mol. The molecule has 0 aromatic carbocycles. The summed E-state index contributed by atoms with van der Waals surface area (Å²) in [5.41, 5.74) is 1.95. The number of amides is 1. The van der Waals surface area contributed by atoms with Gasteiger partial charge in [-0.1, -0.05) is 0 Å². The molecule has 26 heavy (non-hydrogen) atoms. The van der Waals surface area contributed by atoms with Crippen molar-refractivity contribution in [2.24, 2.45) is 5.41 Å². The maximum absolute atomic E-state index is 12.3. The molecule has 4 rings (SSSR count). The van der Waals surface area contributed by atoms with E-state index in [4.69, 9.17) is 4.74 Å². The molecule has 2 saturated heterocycles. The van der Waals surface area contributed by atoms with Gasteiger partial charge in [0.1, 0.15) is 11.9 Å². The highest BCUT2D eigenvalue weighted by Gasteiger charge is 2.42. The molecule has 0 radical (unpaired) electrons. The fraction of sp³-hybridized carbons (Fsp3) is 0.632. The largest absolute Gasteiger partial charge is 0.444 e. The first-order valence-corrected chi connectivity index (χ1v) is 9.36. The molecular formula is C19H27N5O2. The number of rotatable bonds is 1. The third-order valence-corrected chi connectivity index (χ3v) is 5.55. The molecule has 0 unspecified atom stereocenters. The van der Waals surface area contributed by atoms with Crippen molar-refractivity contribution < 1.29 is 9.53 Å². The topological polar surface area (TPSA) is 63.0 Å². The van der Waals surface area contributed by atoms with Crippen molar-refractivity contribution in [1.29, 1.82) is 0 Å². The Labute approximate surface area is 153 Å². The number of carbonyl (C=O) groups is 1. The summed E-state index contributed by atoms with van der Waals surface area (Å²) in [6.07, 6.45) is 6.92. The first-order valence-electron chi connectivity index (χ1n) is 9.36. The molecule has 0 aliphatic carbocycles. The Morgan fingerprint density at radius 3 is 2.62 bits per heavy atom. The number of carbonyl (C=O) groups excluding carboxylic acids is 1. The van der Waals surface area contributed by atoms with E-state index in [9.17, 15) is 4.79 Å². The van der Waals surface area contributed by atoms with E-state index in [0.29, 0.717) is 5.41 Å². The number of likely N-dealkylation sites (tertiary alicyclic amines) is 1. The van der Waals surface area contributed by atoms with Gasteiger partial charge in [-0.05, 0) is 57.6 Å². The van der Waals surface area contributed by atoms with Crippen LogP contribution in [0.3, 0.4) is 0 Å². The SMILES string of the molecule is CC(C)(C)OC(=O)N1CCC2(CC1)CCN(c1ccc3nncn3c1)C2. The predicted octanol–water partition coefficient (Wildman–Crippen LogP) is 2.96. The van der Waals surface area contributed by atoms with Gasteiger partial charge in [0.05, 0.1) is 5.69 Å². The maximum atomic E-state index is 12.3. The molecule has 1 spiro atoms. The molecule has 2 fully saturated rings. The number of fused-ring (bicyclic) bond motifs is 1. The van der Waals surface area contributed by atoms with Gasteiger partial charge in [0.2, 0.25) is 0 Å². The zero-order chi connectivity index (χ0) is 18.4. The van der Waals surface area contributed by atoms with Crippen LogP contribution in [0.2, 0.25) is 0 Å². The van der Waals surface area contributed by atoms with Crippen LogP contribution in [0.5, 0.6) is 0 Å². The number of ether oxygens (including phenoxy) is 1. The molecule has 140 valence electrons. The Kier molecular flexibility index (Phi) is 4.04. The van der Waals surface area contributed by atoms with E-state index in [0.717, 1.165) is 44.7 Å². The second-order valence-corrected chi connectivity index (χ2v) is 8.62. The van der Waals surface area contributed by atoms with Gasteiger partial charge < -0.3 is 14.5 Å². The standard InChI is InChI=1S/C19H27N5O2/c1-18(2,3)26-17(25)22-9-6-19(7-10-22)8-11-23(13-19)15-4-5-16-21-20-14-24(16)12-15/h4-5,12,14H,6-11,13H2,1-3H3. The van der Waals surface area contributed by atoms with E-state index in [-0.39, 0.29) is 6.09 Å². The molecule has 4 heterocycles. The number of hydrogen-bond donors (Lipinski definition) is 0. The Balaban J connectivity index is 1.38. The first kappa shape index (κ1) is 17.1. The smallest absolute Gasteiger partial charge is 0.410 e. The lowest BCUT2D eigenvalue weighted by Crippen LogP contribution is -2.46. The zero-order valence-corrected chi connectivity index (χ0v) is 15.8. The molecule has 0 N–H and O–H groups in total. The van der Waals surface area contributed by atoms with Gasteiger partial charge in [-0.25, -0.2) is 4.79 Å². The maximum Gasteiger partial charge on any atom is 0.410 e. The molecule has 7 nitrogen and oxygen atoms in total. The summed E-state index contributed by atoms with van der Waals surface area (Å²) in [7, 11) is 0. The van der Waals surface area contributed by atoms with Gasteiger partial charge in [0.25, 0.3) is 0 Å². The molecule has 2 aromatic rings. The van der Waals surface area contributed by atoms with Crippen LogP contribution in [0.15, 0.2) is 24.7 Å². The lowest BCUT2D eigenvalue weighted by molar-refractivity contribution is 0.0122. The lowest BCUT2D eigenvalue weighted by atomic mass is 9.78. The molecule has 2 aliphatic rings. The van der Waals surface area contributed by atoms with E-state index in [1.165, 1.54) is 12.1 Å². The molecule has 2 aliphatic heterocycles. The molecule has 1 amide bonds. The minimum Gasteiger partial charge on any atom is -0.444 e.